The molecular weight excluding hydrogens is 410 g/mol. The highest BCUT2D eigenvalue weighted by Crippen LogP contribution is 2.32. The van der Waals surface area contributed by atoms with Gasteiger partial charge in [0.05, 0.1) is 12.0 Å². The maximum Gasteiger partial charge on any atom is 0.228 e. The Labute approximate surface area is 197 Å². The molecule has 5 rings (SSSR count). The molecule has 0 radical (unpaired) electrons. The van der Waals surface area contributed by atoms with Crippen LogP contribution >= 0.6 is 0 Å². The highest BCUT2D eigenvalue weighted by Gasteiger charge is 2.41. The van der Waals surface area contributed by atoms with Gasteiger partial charge in [-0.15, -0.1) is 0 Å². The molecular formula is C28H35N3O2. The fraction of sp³-hybridized carbons (Fsp3) is 0.536. The lowest BCUT2D eigenvalue weighted by atomic mass is 9.88. The summed E-state index contributed by atoms with van der Waals surface area (Å²) in [6, 6.07) is 14.2. The van der Waals surface area contributed by atoms with Crippen molar-refractivity contribution in [2.45, 2.75) is 57.9 Å². The number of piperidine rings is 1. The Morgan fingerprint density at radius 2 is 1.73 bits per heavy atom. The van der Waals surface area contributed by atoms with E-state index in [0.29, 0.717) is 19.0 Å². The number of hydrogen-bond donors (Lipinski definition) is 0. The van der Waals surface area contributed by atoms with Gasteiger partial charge in [-0.3, -0.25) is 19.5 Å². The van der Waals surface area contributed by atoms with Crippen LogP contribution in [-0.4, -0.2) is 52.7 Å². The van der Waals surface area contributed by atoms with Gasteiger partial charge in [0.1, 0.15) is 0 Å². The van der Waals surface area contributed by atoms with Crippen LogP contribution < -0.4 is 0 Å². The van der Waals surface area contributed by atoms with Gasteiger partial charge in [0.2, 0.25) is 5.91 Å². The van der Waals surface area contributed by atoms with Crippen molar-refractivity contribution in [2.75, 3.05) is 26.2 Å². The number of nitrogens with zero attached hydrogens (tertiary/aromatic N) is 3. The van der Waals surface area contributed by atoms with Gasteiger partial charge in [-0.25, -0.2) is 0 Å². The first-order valence-corrected chi connectivity index (χ1v) is 12.6. The molecule has 2 aliphatic heterocycles. The Bertz CT molecular complexity index is 991. The van der Waals surface area contributed by atoms with Crippen LogP contribution in [0.5, 0.6) is 0 Å². The minimum atomic E-state index is -0.231. The Hall–Kier alpha value is -2.53. The summed E-state index contributed by atoms with van der Waals surface area (Å²) in [6.45, 7) is 4.70. The molecule has 2 aromatic rings. The molecule has 1 amide bonds. The van der Waals surface area contributed by atoms with Crippen molar-refractivity contribution < 1.29 is 9.59 Å². The van der Waals surface area contributed by atoms with Gasteiger partial charge in [0, 0.05) is 37.6 Å². The van der Waals surface area contributed by atoms with Crippen LogP contribution in [0.25, 0.3) is 0 Å². The number of carbonyl (C=O) groups is 2. The van der Waals surface area contributed by atoms with Gasteiger partial charge in [-0.1, -0.05) is 36.4 Å². The molecule has 174 valence electrons. The van der Waals surface area contributed by atoms with E-state index in [1.165, 1.54) is 36.2 Å². The molecule has 0 N–H and O–H groups in total. The van der Waals surface area contributed by atoms with Crippen molar-refractivity contribution in [3.8, 4) is 0 Å². The highest BCUT2D eigenvalue weighted by atomic mass is 16.2. The number of hydrogen-bond acceptors (Lipinski definition) is 4. The number of aromatic nitrogens is 1. The number of rotatable bonds is 6. The predicted octanol–water partition coefficient (Wildman–Crippen LogP) is 4.00. The number of amides is 1. The summed E-state index contributed by atoms with van der Waals surface area (Å²) in [5.41, 5.74) is 5.01. The quantitative estimate of drug-likeness (QED) is 0.674. The molecule has 1 aliphatic carbocycles. The van der Waals surface area contributed by atoms with Crippen LogP contribution in [0.3, 0.4) is 0 Å². The highest BCUT2D eigenvalue weighted by molar-refractivity contribution is 5.84. The number of fused-ring (bicyclic) bond motifs is 1. The molecule has 1 aromatic carbocycles. The van der Waals surface area contributed by atoms with Crippen LogP contribution in [0.15, 0.2) is 42.5 Å². The van der Waals surface area contributed by atoms with Crippen molar-refractivity contribution in [3.63, 3.8) is 0 Å². The molecule has 2 saturated heterocycles. The minimum Gasteiger partial charge on any atom is -0.342 e. The smallest absolute Gasteiger partial charge is 0.228 e. The molecule has 33 heavy (non-hydrogen) atoms. The van der Waals surface area contributed by atoms with Gasteiger partial charge < -0.3 is 4.90 Å². The van der Waals surface area contributed by atoms with E-state index in [4.69, 9.17) is 4.98 Å². The number of ketones is 1. The molecule has 1 unspecified atom stereocenters. The topological polar surface area (TPSA) is 53.5 Å². The summed E-state index contributed by atoms with van der Waals surface area (Å²) in [4.78, 5) is 34.5. The Balaban J connectivity index is 1.11. The van der Waals surface area contributed by atoms with Crippen LogP contribution in [-0.2, 0) is 28.9 Å². The summed E-state index contributed by atoms with van der Waals surface area (Å²) in [6.07, 6.45) is 8.01. The average Bonchev–Trinajstić information content (AvgIpc) is 2.81. The fourth-order valence-electron chi connectivity index (χ4n) is 5.87. The molecule has 3 heterocycles. The summed E-state index contributed by atoms with van der Waals surface area (Å²) >= 11 is 0. The number of Topliss-reactive ketones (excluding diaryl/α,β-unsaturated/α-hetero) is 1. The lowest BCUT2D eigenvalue weighted by Gasteiger charge is -2.45. The average molecular weight is 446 g/mol. The summed E-state index contributed by atoms with van der Waals surface area (Å²) in [7, 11) is 0. The Kier molecular flexibility index (Phi) is 6.59. The minimum absolute atomic E-state index is 0.0226. The standard InChI is InChI=1S/C28H35N3O2/c1-20(32)27(23-8-3-2-4-9-23)31-18-24(19-31)28(33)30-15-13-21(14-16-30)17-25-12-11-22-7-5-6-10-26(22)29-25/h2-4,8-9,11-12,21,24,27H,5-7,10,13-19H2,1H3. The summed E-state index contributed by atoms with van der Waals surface area (Å²) in [5, 5.41) is 0. The molecule has 0 saturated carbocycles. The number of benzene rings is 1. The van der Waals surface area contributed by atoms with Gasteiger partial charge in [-0.2, -0.15) is 0 Å². The Morgan fingerprint density at radius 1 is 1.00 bits per heavy atom. The lowest BCUT2D eigenvalue weighted by molar-refractivity contribution is -0.146. The third-order valence-electron chi connectivity index (χ3n) is 7.78. The van der Waals surface area contributed by atoms with E-state index in [-0.39, 0.29) is 23.7 Å². The zero-order valence-corrected chi connectivity index (χ0v) is 19.7. The predicted molar refractivity (Wildman–Crippen MR) is 129 cm³/mol. The van der Waals surface area contributed by atoms with Gasteiger partial charge in [0.15, 0.2) is 5.78 Å². The number of aryl methyl sites for hydroxylation is 2. The molecule has 5 nitrogen and oxygen atoms in total. The zero-order chi connectivity index (χ0) is 22.8. The second-order valence-electron chi connectivity index (χ2n) is 10.2. The number of pyridine rings is 1. The van der Waals surface area contributed by atoms with E-state index < -0.39 is 0 Å². The first kappa shape index (κ1) is 22.3. The SMILES string of the molecule is CC(=O)C(c1ccccc1)N1CC(C(=O)N2CCC(Cc3ccc4c(n3)CCCC4)CC2)C1. The molecule has 3 aliphatic rings. The normalized spacial score (nSPS) is 20.7. The first-order valence-electron chi connectivity index (χ1n) is 12.6. The maximum absolute atomic E-state index is 13.1. The lowest BCUT2D eigenvalue weighted by Crippen LogP contribution is -2.57. The van der Waals surface area contributed by atoms with Crippen LogP contribution in [0.1, 0.15) is 61.2 Å². The summed E-state index contributed by atoms with van der Waals surface area (Å²) < 4.78 is 0. The van der Waals surface area contributed by atoms with Crippen molar-refractivity contribution in [1.29, 1.82) is 0 Å². The second-order valence-corrected chi connectivity index (χ2v) is 10.2. The van der Waals surface area contributed by atoms with E-state index in [9.17, 15) is 9.59 Å². The molecule has 1 aromatic heterocycles. The van der Waals surface area contributed by atoms with Crippen LogP contribution in [0.4, 0.5) is 0 Å². The summed E-state index contributed by atoms with van der Waals surface area (Å²) in [5.74, 6) is 1.05. The fourth-order valence-corrected chi connectivity index (χ4v) is 5.87. The van der Waals surface area contributed by atoms with Crippen molar-refractivity contribution in [3.05, 3.63) is 65.0 Å². The van der Waals surface area contributed by atoms with Crippen molar-refractivity contribution >= 4 is 11.7 Å². The van der Waals surface area contributed by atoms with Gasteiger partial charge in [0.25, 0.3) is 0 Å². The molecule has 0 spiro atoms. The molecule has 0 bridgehead atoms. The van der Waals surface area contributed by atoms with E-state index in [1.807, 2.05) is 30.3 Å². The van der Waals surface area contributed by atoms with Gasteiger partial charge >= 0.3 is 0 Å². The third kappa shape index (κ3) is 4.89. The second kappa shape index (κ2) is 9.76. The largest absolute Gasteiger partial charge is 0.342 e. The third-order valence-corrected chi connectivity index (χ3v) is 7.78. The van der Waals surface area contributed by atoms with Gasteiger partial charge in [-0.05, 0) is 75.0 Å². The maximum atomic E-state index is 13.1. The van der Waals surface area contributed by atoms with Crippen molar-refractivity contribution in [1.82, 2.24) is 14.8 Å². The number of likely N-dealkylation sites (tertiary alicyclic amines) is 2. The monoisotopic (exact) mass is 445 g/mol. The Morgan fingerprint density at radius 3 is 2.45 bits per heavy atom. The molecule has 5 heteroatoms. The van der Waals surface area contributed by atoms with Crippen LogP contribution in [0, 0.1) is 11.8 Å². The number of carbonyl (C=O) groups excluding carboxylic acids is 2. The van der Waals surface area contributed by atoms with E-state index >= 15 is 0 Å². The molecule has 2 fully saturated rings. The van der Waals surface area contributed by atoms with E-state index in [2.05, 4.69) is 21.9 Å². The van der Waals surface area contributed by atoms with E-state index in [1.54, 1.807) is 6.92 Å². The molecule has 1 atom stereocenters. The van der Waals surface area contributed by atoms with Crippen LogP contribution in [0.2, 0.25) is 0 Å². The first-order chi connectivity index (χ1) is 16.1. The van der Waals surface area contributed by atoms with E-state index in [0.717, 1.165) is 44.3 Å². The zero-order valence-electron chi connectivity index (χ0n) is 19.7. The van der Waals surface area contributed by atoms with Crippen molar-refractivity contribution in [2.24, 2.45) is 11.8 Å².